The van der Waals surface area contributed by atoms with Crippen LogP contribution >= 0.6 is 0 Å². The molecule has 0 atom stereocenters. The molecule has 0 bridgehead atoms. The molecule has 3 aromatic heterocycles. The molecule has 14 rings (SSSR count). The van der Waals surface area contributed by atoms with Crippen molar-refractivity contribution in [3.8, 4) is 44.8 Å². The first-order chi connectivity index (χ1) is 30.8. The Morgan fingerprint density at radius 1 is 0.349 bits per heavy atom. The molecule has 0 fully saturated rings. The van der Waals surface area contributed by atoms with Gasteiger partial charge < -0.3 is 13.6 Å². The summed E-state index contributed by atoms with van der Waals surface area (Å²) >= 11 is 0. The Morgan fingerprint density at radius 3 is 1.67 bits per heavy atom. The third-order valence-electron chi connectivity index (χ3n) is 14.9. The second-order valence-corrected chi connectivity index (χ2v) is 18.9. The molecule has 0 spiro atoms. The molecule has 3 heteroatoms. The smallest absolute Gasteiger partial charge is 0.135 e. The standard InChI is InChI=1S/C60H42N2O/c1-59(2)48-17-9-5-13-39(48)40-26-23-37(33-49(40)59)61-52-19-11-7-15-43(52)47-31-35(22-29-53(47)61)36-21-25-44-42-14-6-10-18-51(42)62(54(44)32-36)38-24-27-41-45-28-30-56-57(46-16-8-12-20-55(46)63-56)58(45)60(3,4)50(41)34-38/h5-34H,1-4H3. The highest BCUT2D eigenvalue weighted by atomic mass is 16.3. The first kappa shape index (κ1) is 35.0. The van der Waals surface area contributed by atoms with E-state index >= 15 is 0 Å². The van der Waals surface area contributed by atoms with E-state index in [0.717, 1.165) is 11.2 Å². The number of benzene rings is 9. The normalized spacial score (nSPS) is 14.6. The SMILES string of the molecule is CC1(C)c2ccccc2-c2ccc(-n3c4ccccc4c4cc(-c5ccc6c7ccccc7n(-c7ccc8c(c7)C(C)(C)c7c-8ccc8oc9ccccc9c78)c6c5)ccc43)cc21. The minimum absolute atomic E-state index is 0.0711. The molecule has 9 aromatic carbocycles. The summed E-state index contributed by atoms with van der Waals surface area (Å²) in [6.45, 7) is 9.48. The molecule has 0 radical (unpaired) electrons. The fraction of sp³-hybridized carbons (Fsp3) is 0.100. The summed E-state index contributed by atoms with van der Waals surface area (Å²) in [7, 11) is 0. The van der Waals surface area contributed by atoms with Crippen LogP contribution in [0.5, 0.6) is 0 Å². The maximum Gasteiger partial charge on any atom is 0.135 e. The van der Waals surface area contributed by atoms with Crippen LogP contribution in [0.4, 0.5) is 0 Å². The van der Waals surface area contributed by atoms with E-state index < -0.39 is 0 Å². The van der Waals surface area contributed by atoms with Gasteiger partial charge in [0.1, 0.15) is 11.2 Å². The zero-order valence-electron chi connectivity index (χ0n) is 35.6. The van der Waals surface area contributed by atoms with Gasteiger partial charge in [0, 0.05) is 54.5 Å². The van der Waals surface area contributed by atoms with Gasteiger partial charge in [-0.05, 0) is 122 Å². The highest BCUT2D eigenvalue weighted by Gasteiger charge is 2.39. The van der Waals surface area contributed by atoms with Crippen LogP contribution in [0.1, 0.15) is 49.9 Å². The van der Waals surface area contributed by atoms with E-state index in [4.69, 9.17) is 4.42 Å². The third kappa shape index (κ3) is 4.54. The van der Waals surface area contributed by atoms with Crippen LogP contribution in [0, 0.1) is 0 Å². The number of hydrogen-bond donors (Lipinski definition) is 0. The van der Waals surface area contributed by atoms with Gasteiger partial charge in [0.05, 0.1) is 22.1 Å². The molecule has 298 valence electrons. The van der Waals surface area contributed by atoms with E-state index in [1.165, 1.54) is 121 Å². The summed E-state index contributed by atoms with van der Waals surface area (Å²) in [6, 6.07) is 67.8. The molecule has 63 heavy (non-hydrogen) atoms. The Kier molecular flexibility index (Phi) is 6.70. The van der Waals surface area contributed by atoms with Crippen LogP contribution in [-0.4, -0.2) is 9.13 Å². The largest absolute Gasteiger partial charge is 0.456 e. The van der Waals surface area contributed by atoms with Crippen molar-refractivity contribution in [2.75, 3.05) is 0 Å². The van der Waals surface area contributed by atoms with Crippen molar-refractivity contribution < 1.29 is 4.42 Å². The molecule has 0 amide bonds. The second kappa shape index (κ2) is 12.1. The van der Waals surface area contributed by atoms with Crippen molar-refractivity contribution in [1.29, 1.82) is 0 Å². The molecule has 0 unspecified atom stereocenters. The van der Waals surface area contributed by atoms with Gasteiger partial charge >= 0.3 is 0 Å². The fourth-order valence-electron chi connectivity index (χ4n) is 11.9. The highest BCUT2D eigenvalue weighted by Crippen LogP contribution is 2.54. The Morgan fingerprint density at radius 2 is 0.889 bits per heavy atom. The van der Waals surface area contributed by atoms with Gasteiger partial charge in [-0.15, -0.1) is 0 Å². The third-order valence-corrected chi connectivity index (χ3v) is 14.9. The highest BCUT2D eigenvalue weighted by molar-refractivity contribution is 6.14. The van der Waals surface area contributed by atoms with Crippen LogP contribution in [0.3, 0.4) is 0 Å². The number of aromatic nitrogens is 2. The summed E-state index contributed by atoms with van der Waals surface area (Å²) in [6.07, 6.45) is 0. The fourth-order valence-corrected chi connectivity index (χ4v) is 11.9. The predicted octanol–water partition coefficient (Wildman–Crippen LogP) is 16.1. The maximum absolute atomic E-state index is 6.39. The lowest BCUT2D eigenvalue weighted by molar-refractivity contribution is 0.656. The van der Waals surface area contributed by atoms with Crippen LogP contribution in [0.25, 0.3) is 110 Å². The van der Waals surface area contributed by atoms with Crippen LogP contribution in [-0.2, 0) is 10.8 Å². The first-order valence-electron chi connectivity index (χ1n) is 22.2. The van der Waals surface area contributed by atoms with Gasteiger partial charge in [0.15, 0.2) is 0 Å². The topological polar surface area (TPSA) is 23.0 Å². The van der Waals surface area contributed by atoms with Crippen LogP contribution < -0.4 is 0 Å². The Labute approximate surface area is 365 Å². The van der Waals surface area contributed by atoms with Crippen molar-refractivity contribution in [3.05, 3.63) is 204 Å². The number of hydrogen-bond acceptors (Lipinski definition) is 1. The molecule has 0 aliphatic heterocycles. The minimum Gasteiger partial charge on any atom is -0.456 e. The predicted molar refractivity (Wildman–Crippen MR) is 263 cm³/mol. The monoisotopic (exact) mass is 806 g/mol. The second-order valence-electron chi connectivity index (χ2n) is 18.9. The summed E-state index contributed by atoms with van der Waals surface area (Å²) < 4.78 is 11.3. The zero-order chi connectivity index (χ0) is 41.9. The minimum atomic E-state index is -0.230. The van der Waals surface area contributed by atoms with Gasteiger partial charge in [-0.3, -0.25) is 0 Å². The van der Waals surface area contributed by atoms with Crippen LogP contribution in [0.2, 0.25) is 0 Å². The molecule has 2 aliphatic rings. The number of nitrogens with zero attached hydrogens (tertiary/aromatic N) is 2. The summed E-state index contributed by atoms with van der Waals surface area (Å²) in [5.74, 6) is 0. The molecule has 0 saturated carbocycles. The number of rotatable bonds is 3. The molecule has 0 N–H and O–H groups in total. The van der Waals surface area contributed by atoms with Gasteiger partial charge in [-0.1, -0.05) is 143 Å². The Hall–Kier alpha value is -7.62. The van der Waals surface area contributed by atoms with E-state index in [1.807, 2.05) is 0 Å². The summed E-state index contributed by atoms with van der Waals surface area (Å²) in [4.78, 5) is 0. The molecular formula is C60H42N2O. The average molecular weight is 807 g/mol. The van der Waals surface area contributed by atoms with E-state index in [1.54, 1.807) is 0 Å². The molecule has 0 saturated heterocycles. The van der Waals surface area contributed by atoms with Gasteiger partial charge in [-0.25, -0.2) is 0 Å². The number of para-hydroxylation sites is 3. The van der Waals surface area contributed by atoms with Crippen molar-refractivity contribution in [3.63, 3.8) is 0 Å². The molecular weight excluding hydrogens is 765 g/mol. The van der Waals surface area contributed by atoms with Gasteiger partial charge in [0.25, 0.3) is 0 Å². The lowest BCUT2D eigenvalue weighted by atomic mass is 9.80. The quantitative estimate of drug-likeness (QED) is 0.174. The van der Waals surface area contributed by atoms with E-state index in [0.29, 0.717) is 0 Å². The summed E-state index contributed by atoms with van der Waals surface area (Å²) in [5.41, 5.74) is 22.0. The Balaban J connectivity index is 0.922. The summed E-state index contributed by atoms with van der Waals surface area (Å²) in [5, 5.41) is 7.44. The molecule has 2 aliphatic carbocycles. The zero-order valence-corrected chi connectivity index (χ0v) is 35.6. The van der Waals surface area contributed by atoms with E-state index in [2.05, 4.69) is 219 Å². The Bertz CT molecular complexity index is 3980. The van der Waals surface area contributed by atoms with Crippen LogP contribution in [0.15, 0.2) is 186 Å². The van der Waals surface area contributed by atoms with E-state index in [-0.39, 0.29) is 10.8 Å². The lowest BCUT2D eigenvalue weighted by Gasteiger charge is -2.23. The lowest BCUT2D eigenvalue weighted by Crippen LogP contribution is -2.15. The van der Waals surface area contributed by atoms with Crippen molar-refractivity contribution >= 4 is 65.6 Å². The van der Waals surface area contributed by atoms with Crippen molar-refractivity contribution in [2.45, 2.75) is 38.5 Å². The number of furan rings is 1. The maximum atomic E-state index is 6.39. The number of fused-ring (bicyclic) bond motifs is 16. The first-order valence-corrected chi connectivity index (χ1v) is 22.2. The average Bonchev–Trinajstić information content (AvgIpc) is 4.07. The molecule has 12 aromatic rings. The molecule has 3 nitrogen and oxygen atoms in total. The molecule has 3 heterocycles. The van der Waals surface area contributed by atoms with E-state index in [9.17, 15) is 0 Å². The van der Waals surface area contributed by atoms with Crippen molar-refractivity contribution in [2.24, 2.45) is 0 Å². The van der Waals surface area contributed by atoms with Crippen molar-refractivity contribution in [1.82, 2.24) is 9.13 Å². The van der Waals surface area contributed by atoms with Gasteiger partial charge in [0.2, 0.25) is 0 Å². The van der Waals surface area contributed by atoms with Gasteiger partial charge in [-0.2, -0.15) is 0 Å².